The second kappa shape index (κ2) is 7.67. The number of rotatable bonds is 5. The quantitative estimate of drug-likeness (QED) is 0.343. The standard InChI is InChI=1S/C16H17NO5S2/c1-5-17-15(19)13(24-16(17)23)8-10-6-11(20-3)14(22-9(2)18)12(7-10)21-4/h6-8H,5H2,1-4H3/b13-8-. The van der Waals surface area contributed by atoms with E-state index in [4.69, 9.17) is 26.4 Å². The number of thioether (sulfide) groups is 1. The first-order chi connectivity index (χ1) is 11.4. The summed E-state index contributed by atoms with van der Waals surface area (Å²) in [5.41, 5.74) is 0.677. The van der Waals surface area contributed by atoms with Crippen LogP contribution >= 0.6 is 24.0 Å². The van der Waals surface area contributed by atoms with Gasteiger partial charge in [0, 0.05) is 13.5 Å². The minimum atomic E-state index is -0.483. The van der Waals surface area contributed by atoms with E-state index in [9.17, 15) is 9.59 Å². The van der Waals surface area contributed by atoms with Gasteiger partial charge in [-0.15, -0.1) is 0 Å². The summed E-state index contributed by atoms with van der Waals surface area (Å²) in [4.78, 5) is 25.6. The number of methoxy groups -OCH3 is 2. The van der Waals surface area contributed by atoms with Crippen molar-refractivity contribution in [3.8, 4) is 17.2 Å². The van der Waals surface area contributed by atoms with E-state index in [0.717, 1.165) is 0 Å². The van der Waals surface area contributed by atoms with Gasteiger partial charge in [0.15, 0.2) is 11.5 Å². The lowest BCUT2D eigenvalue weighted by Gasteiger charge is -2.13. The molecule has 1 aromatic rings. The van der Waals surface area contributed by atoms with Gasteiger partial charge in [-0.1, -0.05) is 24.0 Å². The van der Waals surface area contributed by atoms with Crippen molar-refractivity contribution in [1.29, 1.82) is 0 Å². The molecule has 0 aromatic heterocycles. The van der Waals surface area contributed by atoms with E-state index in [1.807, 2.05) is 6.92 Å². The summed E-state index contributed by atoms with van der Waals surface area (Å²) in [7, 11) is 2.92. The van der Waals surface area contributed by atoms with Crippen LogP contribution in [0.1, 0.15) is 19.4 Å². The highest BCUT2D eigenvalue weighted by atomic mass is 32.2. The highest BCUT2D eigenvalue weighted by Crippen LogP contribution is 2.40. The van der Waals surface area contributed by atoms with Crippen molar-refractivity contribution in [2.45, 2.75) is 13.8 Å². The van der Waals surface area contributed by atoms with Gasteiger partial charge < -0.3 is 14.2 Å². The zero-order chi connectivity index (χ0) is 17.9. The number of carbonyl (C=O) groups excluding carboxylic acids is 2. The van der Waals surface area contributed by atoms with Gasteiger partial charge in [-0.3, -0.25) is 14.5 Å². The molecule has 1 aliphatic heterocycles. The zero-order valence-corrected chi connectivity index (χ0v) is 15.4. The smallest absolute Gasteiger partial charge is 0.308 e. The van der Waals surface area contributed by atoms with Gasteiger partial charge in [0.25, 0.3) is 5.91 Å². The van der Waals surface area contributed by atoms with Crippen molar-refractivity contribution < 1.29 is 23.8 Å². The van der Waals surface area contributed by atoms with E-state index in [1.54, 1.807) is 18.2 Å². The molecule has 6 nitrogen and oxygen atoms in total. The van der Waals surface area contributed by atoms with Crippen molar-refractivity contribution in [3.05, 3.63) is 22.6 Å². The third-order valence-electron chi connectivity index (χ3n) is 3.22. The van der Waals surface area contributed by atoms with Crippen LogP contribution in [0.2, 0.25) is 0 Å². The maximum atomic E-state index is 12.3. The van der Waals surface area contributed by atoms with Crippen LogP contribution in [0.3, 0.4) is 0 Å². The molecule has 1 aromatic carbocycles. The van der Waals surface area contributed by atoms with Crippen LogP contribution in [-0.4, -0.2) is 41.9 Å². The van der Waals surface area contributed by atoms with Gasteiger partial charge in [-0.2, -0.15) is 0 Å². The third-order valence-corrected chi connectivity index (χ3v) is 4.59. The van der Waals surface area contributed by atoms with Crippen molar-refractivity contribution in [3.63, 3.8) is 0 Å². The molecular formula is C16H17NO5S2. The number of esters is 1. The number of benzene rings is 1. The van der Waals surface area contributed by atoms with Crippen LogP contribution in [-0.2, 0) is 9.59 Å². The number of amides is 1. The molecule has 24 heavy (non-hydrogen) atoms. The molecule has 1 amide bonds. The Kier molecular flexibility index (Phi) is 5.84. The lowest BCUT2D eigenvalue weighted by molar-refractivity contribution is -0.132. The lowest BCUT2D eigenvalue weighted by Crippen LogP contribution is -2.27. The minimum absolute atomic E-state index is 0.130. The molecule has 8 heteroatoms. The Balaban J connectivity index is 2.45. The SMILES string of the molecule is CCN1C(=O)/C(=C/c2cc(OC)c(OC(C)=O)c(OC)c2)SC1=S. The normalized spacial score (nSPS) is 15.8. The monoisotopic (exact) mass is 367 g/mol. The minimum Gasteiger partial charge on any atom is -0.493 e. The largest absolute Gasteiger partial charge is 0.493 e. The van der Waals surface area contributed by atoms with E-state index in [2.05, 4.69) is 0 Å². The molecule has 1 fully saturated rings. The second-order valence-electron chi connectivity index (χ2n) is 4.77. The fourth-order valence-corrected chi connectivity index (χ4v) is 3.54. The van der Waals surface area contributed by atoms with Crippen LogP contribution in [0.15, 0.2) is 17.0 Å². The zero-order valence-electron chi connectivity index (χ0n) is 13.7. The fourth-order valence-electron chi connectivity index (χ4n) is 2.15. The van der Waals surface area contributed by atoms with E-state index >= 15 is 0 Å². The molecule has 1 heterocycles. The molecule has 0 radical (unpaired) electrons. The molecule has 1 saturated heterocycles. The molecular weight excluding hydrogens is 350 g/mol. The van der Waals surface area contributed by atoms with Crippen LogP contribution in [0, 0.1) is 0 Å². The highest BCUT2D eigenvalue weighted by Gasteiger charge is 2.30. The average Bonchev–Trinajstić information content (AvgIpc) is 2.81. The number of nitrogens with zero attached hydrogens (tertiary/aromatic N) is 1. The maximum Gasteiger partial charge on any atom is 0.308 e. The van der Waals surface area contributed by atoms with Crippen molar-refractivity contribution in [2.24, 2.45) is 0 Å². The molecule has 0 N–H and O–H groups in total. The van der Waals surface area contributed by atoms with Crippen LogP contribution in [0.4, 0.5) is 0 Å². The summed E-state index contributed by atoms with van der Waals surface area (Å²) in [5.74, 6) is 0.256. The summed E-state index contributed by atoms with van der Waals surface area (Å²) in [6.07, 6.45) is 1.71. The Morgan fingerprint density at radius 3 is 2.29 bits per heavy atom. The van der Waals surface area contributed by atoms with E-state index in [1.165, 1.54) is 37.8 Å². The fraction of sp³-hybridized carbons (Fsp3) is 0.312. The van der Waals surface area contributed by atoms with E-state index in [-0.39, 0.29) is 11.7 Å². The predicted octanol–water partition coefficient (Wildman–Crippen LogP) is 2.85. The van der Waals surface area contributed by atoms with Gasteiger partial charge in [-0.05, 0) is 30.7 Å². The van der Waals surface area contributed by atoms with Gasteiger partial charge in [0.2, 0.25) is 5.75 Å². The topological polar surface area (TPSA) is 65.1 Å². The Morgan fingerprint density at radius 2 is 1.88 bits per heavy atom. The molecule has 0 spiro atoms. The average molecular weight is 367 g/mol. The Labute approximate surface area is 149 Å². The Bertz CT molecular complexity index is 704. The van der Waals surface area contributed by atoms with Gasteiger partial charge in [-0.25, -0.2) is 0 Å². The summed E-state index contributed by atoms with van der Waals surface area (Å²) in [6, 6.07) is 3.33. The predicted molar refractivity (Wildman–Crippen MR) is 96.4 cm³/mol. The summed E-state index contributed by atoms with van der Waals surface area (Å²) >= 11 is 6.44. The number of hydrogen-bond donors (Lipinski definition) is 0. The number of carbonyl (C=O) groups is 2. The maximum absolute atomic E-state index is 12.3. The highest BCUT2D eigenvalue weighted by molar-refractivity contribution is 8.26. The molecule has 128 valence electrons. The second-order valence-corrected chi connectivity index (χ2v) is 6.45. The third kappa shape index (κ3) is 3.70. The Morgan fingerprint density at radius 1 is 1.29 bits per heavy atom. The molecule has 2 rings (SSSR count). The summed E-state index contributed by atoms with van der Waals surface area (Å²) in [6.45, 7) is 3.69. The number of ether oxygens (including phenoxy) is 3. The van der Waals surface area contributed by atoms with Crippen molar-refractivity contribution in [1.82, 2.24) is 4.90 Å². The van der Waals surface area contributed by atoms with Crippen molar-refractivity contribution >= 4 is 46.3 Å². The molecule has 1 aliphatic rings. The van der Waals surface area contributed by atoms with Gasteiger partial charge in [0.05, 0.1) is 19.1 Å². The number of likely N-dealkylation sites (N-methyl/N-ethyl adjacent to an activating group) is 1. The van der Waals surface area contributed by atoms with Crippen LogP contribution < -0.4 is 14.2 Å². The molecule has 0 bridgehead atoms. The lowest BCUT2D eigenvalue weighted by atomic mass is 10.1. The molecule has 0 unspecified atom stereocenters. The molecule has 0 aliphatic carbocycles. The van der Waals surface area contributed by atoms with Gasteiger partial charge in [0.1, 0.15) is 4.32 Å². The van der Waals surface area contributed by atoms with Crippen LogP contribution in [0.25, 0.3) is 6.08 Å². The summed E-state index contributed by atoms with van der Waals surface area (Å²) in [5, 5.41) is 0. The number of thiocarbonyl (C=S) groups is 1. The first-order valence-electron chi connectivity index (χ1n) is 7.11. The molecule has 0 saturated carbocycles. The first-order valence-corrected chi connectivity index (χ1v) is 8.33. The molecule has 0 atom stereocenters. The van der Waals surface area contributed by atoms with E-state index in [0.29, 0.717) is 32.8 Å². The van der Waals surface area contributed by atoms with Crippen molar-refractivity contribution in [2.75, 3.05) is 20.8 Å². The van der Waals surface area contributed by atoms with Gasteiger partial charge >= 0.3 is 5.97 Å². The Hall–Kier alpha value is -2.06. The van der Waals surface area contributed by atoms with E-state index < -0.39 is 5.97 Å². The first kappa shape index (κ1) is 18.3. The summed E-state index contributed by atoms with van der Waals surface area (Å²) < 4.78 is 16.2. The number of hydrogen-bond acceptors (Lipinski definition) is 7. The van der Waals surface area contributed by atoms with Crippen LogP contribution in [0.5, 0.6) is 17.2 Å².